The highest BCUT2D eigenvalue weighted by atomic mass is 16.7. The highest BCUT2D eigenvalue weighted by Gasteiger charge is 2.68. The van der Waals surface area contributed by atoms with Gasteiger partial charge < -0.3 is 9.84 Å². The van der Waals surface area contributed by atoms with E-state index < -0.39 is 5.79 Å². The van der Waals surface area contributed by atoms with Crippen LogP contribution in [0, 0.1) is 23.2 Å². The number of aliphatic hydroxyl groups is 1. The molecule has 3 heteroatoms. The smallest absolute Gasteiger partial charge is 0.336 e. The molecule has 0 amide bonds. The standard InChI is InChI=1S/C15H18O3/c1-7-9-4-12(9)14(3)6-15(17)11(5-10(7)14)8(2)13(16)18-15/h9-10,12,17H,1,4-6H2,2-3H3/t9-,10+,12-,14-,15+/m1/s1. The fourth-order valence-corrected chi connectivity index (χ4v) is 4.78. The van der Waals surface area contributed by atoms with Crippen LogP contribution in [0.2, 0.25) is 0 Å². The first-order valence-electron chi connectivity index (χ1n) is 6.71. The summed E-state index contributed by atoms with van der Waals surface area (Å²) >= 11 is 0. The van der Waals surface area contributed by atoms with Crippen molar-refractivity contribution in [2.45, 2.75) is 38.9 Å². The van der Waals surface area contributed by atoms with Gasteiger partial charge in [0.1, 0.15) is 0 Å². The molecule has 1 heterocycles. The average Bonchev–Trinajstić information content (AvgIpc) is 2.99. The zero-order chi connectivity index (χ0) is 12.9. The molecule has 0 bridgehead atoms. The van der Waals surface area contributed by atoms with Crippen LogP contribution in [0.25, 0.3) is 0 Å². The van der Waals surface area contributed by atoms with Crippen molar-refractivity contribution in [2.24, 2.45) is 23.2 Å². The monoisotopic (exact) mass is 246 g/mol. The molecule has 0 spiro atoms. The van der Waals surface area contributed by atoms with Gasteiger partial charge in [-0.1, -0.05) is 19.1 Å². The molecule has 3 saturated carbocycles. The van der Waals surface area contributed by atoms with Crippen molar-refractivity contribution in [3.8, 4) is 0 Å². The highest BCUT2D eigenvalue weighted by Crippen LogP contribution is 2.73. The van der Waals surface area contributed by atoms with Gasteiger partial charge in [0.2, 0.25) is 5.79 Å². The fourth-order valence-electron chi connectivity index (χ4n) is 4.78. The summed E-state index contributed by atoms with van der Waals surface area (Å²) in [5, 5.41) is 10.7. The summed E-state index contributed by atoms with van der Waals surface area (Å²) < 4.78 is 5.25. The SMILES string of the molecule is C=C1[C@H]2C[C@H]2[C@]2(C)C[C@]3(O)OC(=O)C(C)=C3C[C@@H]12. The third-order valence-electron chi connectivity index (χ3n) is 5.88. The summed E-state index contributed by atoms with van der Waals surface area (Å²) in [6, 6.07) is 0. The van der Waals surface area contributed by atoms with Crippen LogP contribution in [0.15, 0.2) is 23.3 Å². The van der Waals surface area contributed by atoms with Gasteiger partial charge in [0, 0.05) is 17.6 Å². The topological polar surface area (TPSA) is 46.5 Å². The lowest BCUT2D eigenvalue weighted by Crippen LogP contribution is -2.46. The van der Waals surface area contributed by atoms with E-state index in [1.54, 1.807) is 6.92 Å². The summed E-state index contributed by atoms with van der Waals surface area (Å²) in [4.78, 5) is 11.7. The van der Waals surface area contributed by atoms with Crippen LogP contribution in [-0.2, 0) is 9.53 Å². The van der Waals surface area contributed by atoms with Crippen molar-refractivity contribution >= 4 is 5.97 Å². The lowest BCUT2D eigenvalue weighted by molar-refractivity contribution is -0.201. The number of hydrogen-bond donors (Lipinski definition) is 1. The van der Waals surface area contributed by atoms with Gasteiger partial charge in [-0.25, -0.2) is 4.79 Å². The Morgan fingerprint density at radius 2 is 2.22 bits per heavy atom. The van der Waals surface area contributed by atoms with Crippen molar-refractivity contribution in [2.75, 3.05) is 0 Å². The fraction of sp³-hybridized carbons (Fsp3) is 0.667. The summed E-state index contributed by atoms with van der Waals surface area (Å²) in [6.07, 6.45) is 2.49. The first-order valence-corrected chi connectivity index (χ1v) is 6.71. The maximum Gasteiger partial charge on any atom is 0.336 e. The van der Waals surface area contributed by atoms with Gasteiger partial charge in [0.15, 0.2) is 0 Å². The van der Waals surface area contributed by atoms with E-state index in [2.05, 4.69) is 13.5 Å². The molecule has 0 unspecified atom stereocenters. The van der Waals surface area contributed by atoms with Crippen LogP contribution < -0.4 is 0 Å². The van der Waals surface area contributed by atoms with Crippen LogP contribution in [0.4, 0.5) is 0 Å². The molecule has 4 aliphatic rings. The third-order valence-corrected chi connectivity index (χ3v) is 5.88. The Morgan fingerprint density at radius 1 is 1.50 bits per heavy atom. The van der Waals surface area contributed by atoms with Gasteiger partial charge in [0.05, 0.1) is 0 Å². The minimum atomic E-state index is -1.33. The lowest BCUT2D eigenvalue weighted by atomic mass is 9.62. The number of rotatable bonds is 0. The molecular weight excluding hydrogens is 228 g/mol. The molecule has 0 aromatic rings. The van der Waals surface area contributed by atoms with E-state index in [9.17, 15) is 9.90 Å². The van der Waals surface area contributed by atoms with Crippen molar-refractivity contribution in [3.05, 3.63) is 23.3 Å². The van der Waals surface area contributed by atoms with Gasteiger partial charge in [-0.3, -0.25) is 0 Å². The van der Waals surface area contributed by atoms with Crippen molar-refractivity contribution in [1.82, 2.24) is 0 Å². The second-order valence-corrected chi connectivity index (χ2v) is 6.74. The molecule has 3 nitrogen and oxygen atoms in total. The Morgan fingerprint density at radius 3 is 2.94 bits per heavy atom. The number of fused-ring (bicyclic) bond motifs is 4. The molecule has 0 aromatic heterocycles. The van der Waals surface area contributed by atoms with E-state index >= 15 is 0 Å². The second-order valence-electron chi connectivity index (χ2n) is 6.74. The van der Waals surface area contributed by atoms with E-state index in [0.717, 1.165) is 12.0 Å². The van der Waals surface area contributed by atoms with Gasteiger partial charge in [-0.05, 0) is 42.9 Å². The van der Waals surface area contributed by atoms with Crippen molar-refractivity contribution in [1.29, 1.82) is 0 Å². The maximum atomic E-state index is 11.7. The minimum Gasteiger partial charge on any atom is -0.426 e. The predicted octanol–water partition coefficient (Wildman–Crippen LogP) is 2.17. The Kier molecular flexibility index (Phi) is 1.65. The van der Waals surface area contributed by atoms with Gasteiger partial charge in [-0.2, -0.15) is 0 Å². The summed E-state index contributed by atoms with van der Waals surface area (Å²) in [5.74, 6) is 0.0266. The van der Waals surface area contributed by atoms with E-state index in [0.29, 0.717) is 29.7 Å². The summed E-state index contributed by atoms with van der Waals surface area (Å²) in [7, 11) is 0. The van der Waals surface area contributed by atoms with E-state index in [1.165, 1.54) is 12.0 Å². The highest BCUT2D eigenvalue weighted by molar-refractivity contribution is 5.92. The number of carbonyl (C=O) groups is 1. The number of hydrogen-bond acceptors (Lipinski definition) is 3. The molecule has 4 rings (SSSR count). The van der Waals surface area contributed by atoms with Crippen molar-refractivity contribution < 1.29 is 14.6 Å². The van der Waals surface area contributed by atoms with E-state index in [1.807, 2.05) is 0 Å². The zero-order valence-corrected chi connectivity index (χ0v) is 10.8. The largest absolute Gasteiger partial charge is 0.426 e. The lowest BCUT2D eigenvalue weighted by Gasteiger charge is -2.45. The van der Waals surface area contributed by atoms with Crippen LogP contribution in [-0.4, -0.2) is 16.9 Å². The molecule has 0 saturated heterocycles. The first-order chi connectivity index (χ1) is 8.37. The van der Waals surface area contributed by atoms with E-state index in [4.69, 9.17) is 4.74 Å². The quantitative estimate of drug-likeness (QED) is 0.526. The third kappa shape index (κ3) is 0.993. The molecule has 0 aromatic carbocycles. The zero-order valence-electron chi connectivity index (χ0n) is 10.8. The second kappa shape index (κ2) is 2.74. The molecule has 18 heavy (non-hydrogen) atoms. The molecule has 96 valence electrons. The first kappa shape index (κ1) is 10.8. The minimum absolute atomic E-state index is 0.0604. The number of allylic oxidation sites excluding steroid dienone is 1. The number of ether oxygens (including phenoxy) is 1. The molecule has 3 fully saturated rings. The molecular formula is C15H18O3. The molecule has 0 radical (unpaired) electrons. The Hall–Kier alpha value is -1.09. The Labute approximate surface area is 107 Å². The van der Waals surface area contributed by atoms with Crippen LogP contribution in [0.1, 0.15) is 33.1 Å². The van der Waals surface area contributed by atoms with Gasteiger partial charge >= 0.3 is 5.97 Å². The molecule has 5 atom stereocenters. The molecule has 1 N–H and O–H groups in total. The number of carbonyl (C=O) groups excluding carboxylic acids is 1. The normalized spacial score (nSPS) is 52.9. The van der Waals surface area contributed by atoms with Crippen molar-refractivity contribution in [3.63, 3.8) is 0 Å². The van der Waals surface area contributed by atoms with Gasteiger partial charge in [0.25, 0.3) is 0 Å². The summed E-state index contributed by atoms with van der Waals surface area (Å²) in [6.45, 7) is 8.25. The van der Waals surface area contributed by atoms with Crippen LogP contribution in [0.3, 0.4) is 0 Å². The molecule has 3 aliphatic carbocycles. The average molecular weight is 246 g/mol. The van der Waals surface area contributed by atoms with Gasteiger partial charge in [-0.15, -0.1) is 0 Å². The van der Waals surface area contributed by atoms with Crippen LogP contribution >= 0.6 is 0 Å². The van der Waals surface area contributed by atoms with E-state index in [-0.39, 0.29) is 11.4 Å². The van der Waals surface area contributed by atoms with Crippen LogP contribution in [0.5, 0.6) is 0 Å². The molecule has 1 aliphatic heterocycles. The Bertz CT molecular complexity index is 532. The maximum absolute atomic E-state index is 11.7. The Balaban J connectivity index is 1.82. The summed E-state index contributed by atoms with van der Waals surface area (Å²) in [5.41, 5.74) is 2.81. The predicted molar refractivity (Wildman–Crippen MR) is 65.3 cm³/mol. The number of esters is 1.